The molecule has 0 saturated carbocycles. The molecule has 2 aliphatic rings. The van der Waals surface area contributed by atoms with Crippen molar-refractivity contribution in [3.63, 3.8) is 0 Å². The van der Waals surface area contributed by atoms with Crippen LogP contribution in [0.4, 0.5) is 0 Å². The van der Waals surface area contributed by atoms with E-state index in [0.29, 0.717) is 6.61 Å². The van der Waals surface area contributed by atoms with Crippen LogP contribution >= 0.6 is 0 Å². The predicted octanol–water partition coefficient (Wildman–Crippen LogP) is 4.76. The Morgan fingerprint density at radius 1 is 1.06 bits per heavy atom. The van der Waals surface area contributed by atoms with Crippen molar-refractivity contribution in [1.29, 1.82) is 0 Å². The molecule has 2 aliphatic heterocycles. The molecule has 0 bridgehead atoms. The number of piperidine rings is 1. The molecule has 0 unspecified atom stereocenters. The molecule has 2 aromatic carbocycles. The van der Waals surface area contributed by atoms with Crippen LogP contribution in [0, 0.1) is 6.92 Å². The molecular weight excluding hydrogens is 388 g/mol. The van der Waals surface area contributed by atoms with Gasteiger partial charge >= 0.3 is 0 Å². The first-order chi connectivity index (χ1) is 15.2. The van der Waals surface area contributed by atoms with Gasteiger partial charge in [0.2, 0.25) is 0 Å². The Bertz CT molecular complexity index is 1070. The van der Waals surface area contributed by atoms with Crippen LogP contribution in [0.15, 0.2) is 54.9 Å². The summed E-state index contributed by atoms with van der Waals surface area (Å²) in [5, 5.41) is 2.39. The summed E-state index contributed by atoms with van der Waals surface area (Å²) in [6, 6.07) is 14.7. The second-order valence-electron chi connectivity index (χ2n) is 8.50. The zero-order valence-electron chi connectivity index (χ0n) is 17.9. The highest BCUT2D eigenvalue weighted by Crippen LogP contribution is 2.31. The van der Waals surface area contributed by atoms with Gasteiger partial charge in [0.25, 0.3) is 5.91 Å². The van der Waals surface area contributed by atoms with Crippen molar-refractivity contribution >= 4 is 16.7 Å². The maximum absolute atomic E-state index is 12.5. The molecule has 0 spiro atoms. The van der Waals surface area contributed by atoms with Crippen molar-refractivity contribution < 1.29 is 14.3 Å². The first-order valence-electron chi connectivity index (χ1n) is 11.2. The first-order valence-corrected chi connectivity index (χ1v) is 11.2. The average molecular weight is 417 g/mol. The Kier molecular flexibility index (Phi) is 5.60. The van der Waals surface area contributed by atoms with Gasteiger partial charge in [-0.1, -0.05) is 24.3 Å². The number of hydrogen-bond acceptors (Lipinski definition) is 4. The van der Waals surface area contributed by atoms with E-state index in [1.54, 1.807) is 0 Å². The molecule has 0 radical (unpaired) electrons. The minimum atomic E-state index is -0.222. The number of nitrogens with zero attached hydrogens (tertiary/aromatic N) is 2. The van der Waals surface area contributed by atoms with Crippen LogP contribution in [-0.2, 0) is 9.53 Å². The third-order valence-electron chi connectivity index (χ3n) is 6.52. The van der Waals surface area contributed by atoms with Crippen LogP contribution in [-0.4, -0.2) is 47.7 Å². The zero-order valence-corrected chi connectivity index (χ0v) is 17.9. The Morgan fingerprint density at radius 3 is 2.61 bits per heavy atom. The first kappa shape index (κ1) is 20.0. The van der Waals surface area contributed by atoms with Crippen LogP contribution in [0.2, 0.25) is 0 Å². The second kappa shape index (κ2) is 8.67. The Balaban J connectivity index is 1.21. The Morgan fingerprint density at radius 2 is 1.87 bits per heavy atom. The molecule has 1 amide bonds. The van der Waals surface area contributed by atoms with E-state index < -0.39 is 0 Å². The van der Waals surface area contributed by atoms with Gasteiger partial charge in [-0.05, 0) is 60.0 Å². The SMILES string of the molecule is Cc1c(-c2ccc(OC3CCN(C(=O)[C@H]4CCCO4)CC3)cc2)ccc2cnccc12. The van der Waals surface area contributed by atoms with Crippen LogP contribution in [0.5, 0.6) is 5.75 Å². The fraction of sp³-hybridized carbons (Fsp3) is 0.385. The van der Waals surface area contributed by atoms with Crippen LogP contribution in [0.25, 0.3) is 21.9 Å². The van der Waals surface area contributed by atoms with E-state index >= 15 is 0 Å². The highest BCUT2D eigenvalue weighted by molar-refractivity contribution is 5.91. The molecule has 5 nitrogen and oxygen atoms in total. The largest absolute Gasteiger partial charge is 0.490 e. The van der Waals surface area contributed by atoms with E-state index in [-0.39, 0.29) is 18.1 Å². The monoisotopic (exact) mass is 416 g/mol. The molecule has 5 heteroatoms. The summed E-state index contributed by atoms with van der Waals surface area (Å²) >= 11 is 0. The van der Waals surface area contributed by atoms with Gasteiger partial charge in [-0.3, -0.25) is 9.78 Å². The maximum atomic E-state index is 12.5. The number of carbonyl (C=O) groups excluding carboxylic acids is 1. The molecule has 0 aliphatic carbocycles. The van der Waals surface area contributed by atoms with E-state index in [0.717, 1.165) is 49.9 Å². The quantitative estimate of drug-likeness (QED) is 0.615. The maximum Gasteiger partial charge on any atom is 0.251 e. The summed E-state index contributed by atoms with van der Waals surface area (Å²) in [6.07, 6.45) is 7.24. The smallest absolute Gasteiger partial charge is 0.251 e. The molecule has 2 saturated heterocycles. The van der Waals surface area contributed by atoms with E-state index in [9.17, 15) is 4.79 Å². The summed E-state index contributed by atoms with van der Waals surface area (Å²) in [7, 11) is 0. The number of carbonyl (C=O) groups is 1. The lowest BCUT2D eigenvalue weighted by Crippen LogP contribution is -2.45. The lowest BCUT2D eigenvalue weighted by Gasteiger charge is -2.33. The van der Waals surface area contributed by atoms with E-state index in [1.807, 2.05) is 17.3 Å². The van der Waals surface area contributed by atoms with Crippen molar-refractivity contribution in [3.05, 3.63) is 60.4 Å². The number of ether oxygens (including phenoxy) is 2. The van der Waals surface area contributed by atoms with Crippen LogP contribution in [0.3, 0.4) is 0 Å². The van der Waals surface area contributed by atoms with Gasteiger partial charge in [0.15, 0.2) is 0 Å². The van der Waals surface area contributed by atoms with Crippen molar-refractivity contribution in [2.75, 3.05) is 19.7 Å². The highest BCUT2D eigenvalue weighted by Gasteiger charge is 2.31. The second-order valence-corrected chi connectivity index (χ2v) is 8.50. The van der Waals surface area contributed by atoms with Gasteiger partial charge in [-0.15, -0.1) is 0 Å². The highest BCUT2D eigenvalue weighted by atomic mass is 16.5. The van der Waals surface area contributed by atoms with Gasteiger partial charge in [0.1, 0.15) is 18.0 Å². The zero-order chi connectivity index (χ0) is 21.2. The number of aryl methyl sites for hydroxylation is 1. The number of aromatic nitrogens is 1. The molecule has 3 aromatic rings. The summed E-state index contributed by atoms with van der Waals surface area (Å²) in [6.45, 7) is 4.36. The topological polar surface area (TPSA) is 51.7 Å². The molecule has 2 fully saturated rings. The minimum absolute atomic E-state index is 0.148. The molecule has 5 rings (SSSR count). The molecule has 0 N–H and O–H groups in total. The number of hydrogen-bond donors (Lipinski definition) is 0. The number of amides is 1. The third kappa shape index (κ3) is 4.15. The lowest BCUT2D eigenvalue weighted by atomic mass is 9.96. The summed E-state index contributed by atoms with van der Waals surface area (Å²) in [4.78, 5) is 18.7. The number of fused-ring (bicyclic) bond motifs is 1. The number of benzene rings is 2. The van der Waals surface area contributed by atoms with Crippen molar-refractivity contribution in [2.45, 2.75) is 44.8 Å². The van der Waals surface area contributed by atoms with E-state index in [2.05, 4.69) is 54.4 Å². The van der Waals surface area contributed by atoms with E-state index in [1.165, 1.54) is 22.1 Å². The number of rotatable bonds is 4. The average Bonchev–Trinajstić information content (AvgIpc) is 3.35. The standard InChI is InChI=1S/C26H28N2O3/c1-18-23(9-6-20-17-27-13-10-24(18)20)19-4-7-21(8-5-19)31-22-11-14-28(15-12-22)26(29)25-3-2-16-30-25/h4-10,13,17,22,25H,2-3,11-12,14-16H2,1H3/t25-/m1/s1. The fourth-order valence-electron chi connectivity index (χ4n) is 4.71. The molecule has 31 heavy (non-hydrogen) atoms. The molecule has 1 atom stereocenters. The summed E-state index contributed by atoms with van der Waals surface area (Å²) < 4.78 is 11.8. The van der Waals surface area contributed by atoms with Gasteiger partial charge in [-0.2, -0.15) is 0 Å². The molecule has 160 valence electrons. The Labute approximate surface area is 183 Å². The van der Waals surface area contributed by atoms with Crippen LogP contribution in [0.1, 0.15) is 31.2 Å². The number of pyridine rings is 1. The molecule has 3 heterocycles. The third-order valence-corrected chi connectivity index (χ3v) is 6.52. The van der Waals surface area contributed by atoms with Crippen molar-refractivity contribution in [3.8, 4) is 16.9 Å². The molecule has 1 aromatic heterocycles. The predicted molar refractivity (Wildman–Crippen MR) is 121 cm³/mol. The van der Waals surface area contributed by atoms with Gasteiger partial charge in [-0.25, -0.2) is 0 Å². The Hall–Kier alpha value is -2.92. The summed E-state index contributed by atoms with van der Waals surface area (Å²) in [5.74, 6) is 1.04. The lowest BCUT2D eigenvalue weighted by molar-refractivity contribution is -0.142. The number of likely N-dealkylation sites (tertiary alicyclic amines) is 1. The van der Waals surface area contributed by atoms with Crippen LogP contribution < -0.4 is 4.74 Å². The summed E-state index contributed by atoms with van der Waals surface area (Å²) in [5.41, 5.74) is 3.67. The van der Waals surface area contributed by atoms with E-state index in [4.69, 9.17) is 9.47 Å². The molecular formula is C26H28N2O3. The van der Waals surface area contributed by atoms with Crippen molar-refractivity contribution in [2.24, 2.45) is 0 Å². The minimum Gasteiger partial charge on any atom is -0.490 e. The van der Waals surface area contributed by atoms with Gasteiger partial charge < -0.3 is 14.4 Å². The van der Waals surface area contributed by atoms with Gasteiger partial charge in [0, 0.05) is 50.3 Å². The van der Waals surface area contributed by atoms with Gasteiger partial charge in [0.05, 0.1) is 0 Å². The normalized spacial score (nSPS) is 19.6. The van der Waals surface area contributed by atoms with Crippen molar-refractivity contribution in [1.82, 2.24) is 9.88 Å². The fourth-order valence-corrected chi connectivity index (χ4v) is 4.71.